The highest BCUT2D eigenvalue weighted by molar-refractivity contribution is 5.66. The van der Waals surface area contributed by atoms with E-state index in [2.05, 4.69) is 20.8 Å². The molecular formula is C18H28O4. The van der Waals surface area contributed by atoms with Crippen LogP contribution < -0.4 is 0 Å². The van der Waals surface area contributed by atoms with Crippen LogP contribution in [0.15, 0.2) is 12.2 Å². The van der Waals surface area contributed by atoms with Gasteiger partial charge in [0.05, 0.1) is 12.2 Å². The van der Waals surface area contributed by atoms with Gasteiger partial charge in [-0.2, -0.15) is 0 Å². The fourth-order valence-electron chi connectivity index (χ4n) is 4.83. The third-order valence-electron chi connectivity index (χ3n) is 5.98. The molecule has 0 unspecified atom stereocenters. The predicted molar refractivity (Wildman–Crippen MR) is 83.1 cm³/mol. The van der Waals surface area contributed by atoms with E-state index in [1.807, 2.05) is 19.1 Å². The van der Waals surface area contributed by atoms with Gasteiger partial charge < -0.3 is 14.2 Å². The SMILES string of the molecule is CC(=O)O[C@@H]1C=C[C@@H](O[C@@H]2C(C)(C)[C@@H]3CC[C@@]2(C)C3)O[C@H]1C. The summed E-state index contributed by atoms with van der Waals surface area (Å²) in [5, 5.41) is 0. The van der Waals surface area contributed by atoms with E-state index < -0.39 is 0 Å². The van der Waals surface area contributed by atoms with Crippen LogP contribution in [0, 0.1) is 16.7 Å². The lowest BCUT2D eigenvalue weighted by molar-refractivity contribution is -0.227. The highest BCUT2D eigenvalue weighted by Gasteiger charge is 2.60. The maximum atomic E-state index is 11.1. The number of carbonyl (C=O) groups is 1. The van der Waals surface area contributed by atoms with Gasteiger partial charge in [-0.05, 0) is 55.1 Å². The number of hydrogen-bond donors (Lipinski definition) is 0. The number of carbonyl (C=O) groups excluding carboxylic acids is 1. The molecule has 4 heteroatoms. The van der Waals surface area contributed by atoms with E-state index in [0.717, 1.165) is 5.92 Å². The molecule has 2 saturated carbocycles. The van der Waals surface area contributed by atoms with Crippen LogP contribution in [0.25, 0.3) is 0 Å². The third kappa shape index (κ3) is 2.61. The van der Waals surface area contributed by atoms with E-state index in [-0.39, 0.29) is 41.4 Å². The van der Waals surface area contributed by atoms with Crippen LogP contribution >= 0.6 is 0 Å². The van der Waals surface area contributed by atoms with Crippen molar-refractivity contribution in [3.8, 4) is 0 Å². The summed E-state index contributed by atoms with van der Waals surface area (Å²) in [5.41, 5.74) is 0.460. The maximum absolute atomic E-state index is 11.1. The highest BCUT2D eigenvalue weighted by Crippen LogP contribution is 2.63. The van der Waals surface area contributed by atoms with Crippen LogP contribution in [0.2, 0.25) is 0 Å². The fourth-order valence-corrected chi connectivity index (χ4v) is 4.83. The van der Waals surface area contributed by atoms with Gasteiger partial charge in [0.1, 0.15) is 6.10 Å². The smallest absolute Gasteiger partial charge is 0.303 e. The van der Waals surface area contributed by atoms with E-state index in [9.17, 15) is 4.79 Å². The topological polar surface area (TPSA) is 44.8 Å². The van der Waals surface area contributed by atoms with Crippen LogP contribution in [-0.4, -0.2) is 30.6 Å². The molecular weight excluding hydrogens is 280 g/mol. The lowest BCUT2D eigenvalue weighted by Crippen LogP contribution is -2.46. The van der Waals surface area contributed by atoms with Crippen molar-refractivity contribution in [2.24, 2.45) is 16.7 Å². The Bertz CT molecular complexity index is 479. The molecule has 4 nitrogen and oxygen atoms in total. The van der Waals surface area contributed by atoms with E-state index in [4.69, 9.17) is 14.2 Å². The Labute approximate surface area is 133 Å². The molecule has 2 bridgehead atoms. The second-order valence-electron chi connectivity index (χ2n) is 8.10. The molecule has 0 amide bonds. The molecule has 0 aromatic rings. The van der Waals surface area contributed by atoms with Crippen molar-refractivity contribution in [2.75, 3.05) is 0 Å². The molecule has 0 aromatic heterocycles. The second kappa shape index (κ2) is 5.34. The molecule has 2 fully saturated rings. The van der Waals surface area contributed by atoms with E-state index in [1.54, 1.807) is 0 Å². The predicted octanol–water partition coefficient (Wildman–Crippen LogP) is 3.45. The lowest BCUT2D eigenvalue weighted by Gasteiger charge is -2.44. The van der Waals surface area contributed by atoms with Crippen LogP contribution in [0.3, 0.4) is 0 Å². The zero-order valence-corrected chi connectivity index (χ0v) is 14.3. The van der Waals surface area contributed by atoms with Crippen molar-refractivity contribution < 1.29 is 19.0 Å². The van der Waals surface area contributed by atoms with Crippen molar-refractivity contribution in [3.63, 3.8) is 0 Å². The van der Waals surface area contributed by atoms with Gasteiger partial charge in [-0.1, -0.05) is 20.8 Å². The third-order valence-corrected chi connectivity index (χ3v) is 5.98. The summed E-state index contributed by atoms with van der Waals surface area (Å²) in [6.07, 6.45) is 6.96. The summed E-state index contributed by atoms with van der Waals surface area (Å²) in [5.74, 6) is 0.465. The number of ether oxygens (including phenoxy) is 3. The van der Waals surface area contributed by atoms with Crippen LogP contribution in [0.4, 0.5) is 0 Å². The normalized spacial score (nSPS) is 46.0. The second-order valence-corrected chi connectivity index (χ2v) is 8.10. The molecule has 0 radical (unpaired) electrons. The van der Waals surface area contributed by atoms with Crippen LogP contribution in [-0.2, 0) is 19.0 Å². The first-order chi connectivity index (χ1) is 10.2. The lowest BCUT2D eigenvalue weighted by atomic mass is 9.70. The van der Waals surface area contributed by atoms with Gasteiger partial charge in [0.15, 0.2) is 6.29 Å². The first-order valence-electron chi connectivity index (χ1n) is 8.39. The van der Waals surface area contributed by atoms with Crippen molar-refractivity contribution >= 4 is 5.97 Å². The quantitative estimate of drug-likeness (QED) is 0.592. The van der Waals surface area contributed by atoms with E-state index >= 15 is 0 Å². The Morgan fingerprint density at radius 1 is 1.27 bits per heavy atom. The maximum Gasteiger partial charge on any atom is 0.303 e. The summed E-state index contributed by atoms with van der Waals surface area (Å²) in [6.45, 7) is 10.3. The average molecular weight is 308 g/mol. The molecule has 1 aliphatic heterocycles. The van der Waals surface area contributed by atoms with Gasteiger partial charge in [-0.15, -0.1) is 0 Å². The summed E-state index contributed by atoms with van der Waals surface area (Å²) >= 11 is 0. The Hall–Kier alpha value is -0.870. The Morgan fingerprint density at radius 2 is 2.00 bits per heavy atom. The minimum atomic E-state index is -0.345. The zero-order chi connectivity index (χ0) is 16.1. The number of esters is 1. The first-order valence-corrected chi connectivity index (χ1v) is 8.39. The largest absolute Gasteiger partial charge is 0.456 e. The molecule has 3 rings (SSSR count). The monoisotopic (exact) mass is 308 g/mol. The standard InChI is InChI=1S/C18H28O4/c1-11-14(21-12(2)19)6-7-15(20-11)22-16-17(3,4)13-8-9-18(16,5)10-13/h6-7,11,13-16H,8-10H2,1-5H3/t11-,13+,14+,15+,16+,18-/m0/s1. The first kappa shape index (κ1) is 16.0. The summed E-state index contributed by atoms with van der Waals surface area (Å²) < 4.78 is 17.5. The summed E-state index contributed by atoms with van der Waals surface area (Å²) in [4.78, 5) is 11.1. The molecule has 124 valence electrons. The van der Waals surface area contributed by atoms with E-state index in [1.165, 1.54) is 26.2 Å². The van der Waals surface area contributed by atoms with Gasteiger partial charge in [0.25, 0.3) is 0 Å². The molecule has 22 heavy (non-hydrogen) atoms. The molecule has 0 N–H and O–H groups in total. The van der Waals surface area contributed by atoms with Crippen molar-refractivity contribution in [1.29, 1.82) is 0 Å². The Balaban J connectivity index is 1.68. The van der Waals surface area contributed by atoms with Gasteiger partial charge in [-0.25, -0.2) is 0 Å². The van der Waals surface area contributed by atoms with Gasteiger partial charge in [0.2, 0.25) is 0 Å². The molecule has 0 aromatic carbocycles. The Morgan fingerprint density at radius 3 is 2.55 bits per heavy atom. The van der Waals surface area contributed by atoms with Crippen molar-refractivity contribution in [3.05, 3.63) is 12.2 Å². The molecule has 1 heterocycles. The van der Waals surface area contributed by atoms with Crippen molar-refractivity contribution in [2.45, 2.75) is 78.5 Å². The van der Waals surface area contributed by atoms with E-state index in [0.29, 0.717) is 0 Å². The fraction of sp³-hybridized carbons (Fsp3) is 0.833. The van der Waals surface area contributed by atoms with Gasteiger partial charge in [0, 0.05) is 6.92 Å². The average Bonchev–Trinajstić information content (AvgIpc) is 2.88. The van der Waals surface area contributed by atoms with Crippen LogP contribution in [0.1, 0.15) is 53.9 Å². The minimum absolute atomic E-state index is 0.187. The van der Waals surface area contributed by atoms with Crippen molar-refractivity contribution in [1.82, 2.24) is 0 Å². The van der Waals surface area contributed by atoms with Gasteiger partial charge >= 0.3 is 5.97 Å². The zero-order valence-electron chi connectivity index (χ0n) is 14.3. The molecule has 3 aliphatic rings. The minimum Gasteiger partial charge on any atom is -0.456 e. The number of rotatable bonds is 3. The van der Waals surface area contributed by atoms with Gasteiger partial charge in [-0.3, -0.25) is 4.79 Å². The molecule has 0 spiro atoms. The number of hydrogen-bond acceptors (Lipinski definition) is 4. The summed E-state index contributed by atoms with van der Waals surface area (Å²) in [6, 6.07) is 0. The Kier molecular flexibility index (Phi) is 3.89. The number of fused-ring (bicyclic) bond motifs is 2. The summed E-state index contributed by atoms with van der Waals surface area (Å²) in [7, 11) is 0. The molecule has 0 saturated heterocycles. The molecule has 6 atom stereocenters. The highest BCUT2D eigenvalue weighted by atomic mass is 16.7. The molecule has 2 aliphatic carbocycles. The van der Waals surface area contributed by atoms with Crippen LogP contribution in [0.5, 0.6) is 0 Å².